The van der Waals surface area contributed by atoms with Crippen molar-refractivity contribution in [3.63, 3.8) is 0 Å². The molecule has 2 aliphatic heterocycles. The van der Waals surface area contributed by atoms with Crippen LogP contribution in [0.3, 0.4) is 0 Å². The monoisotopic (exact) mass is 503 g/mol. The summed E-state index contributed by atoms with van der Waals surface area (Å²) in [6.45, 7) is 15.6. The zero-order chi connectivity index (χ0) is 25.9. The fourth-order valence-corrected chi connectivity index (χ4v) is 5.62. The normalized spacial score (nSPS) is 37.9. The molecule has 0 spiro atoms. The lowest BCUT2D eigenvalue weighted by Gasteiger charge is -2.35. The molecular formula is C28H41NO5S. The molecule has 3 rings (SSSR count). The van der Waals surface area contributed by atoms with Gasteiger partial charge in [-0.25, -0.2) is 4.98 Å². The first-order valence-corrected chi connectivity index (χ1v) is 13.7. The highest BCUT2D eigenvalue weighted by atomic mass is 32.1. The Hall–Kier alpha value is -1.83. The molecule has 8 atom stereocenters. The van der Waals surface area contributed by atoms with Gasteiger partial charge in [0.2, 0.25) is 0 Å². The summed E-state index contributed by atoms with van der Waals surface area (Å²) >= 11 is 1.57. The van der Waals surface area contributed by atoms with Gasteiger partial charge in [-0.15, -0.1) is 17.9 Å². The molecule has 1 unspecified atom stereocenters. The van der Waals surface area contributed by atoms with E-state index in [1.807, 2.05) is 32.2 Å². The van der Waals surface area contributed by atoms with Gasteiger partial charge in [-0.1, -0.05) is 39.7 Å². The van der Waals surface area contributed by atoms with E-state index >= 15 is 0 Å². The molecule has 0 aliphatic carbocycles. The Morgan fingerprint density at radius 1 is 1.26 bits per heavy atom. The number of aryl methyl sites for hydroxylation is 1. The van der Waals surface area contributed by atoms with Crippen molar-refractivity contribution in [2.24, 2.45) is 23.2 Å². The van der Waals surface area contributed by atoms with Gasteiger partial charge in [-0.3, -0.25) is 9.59 Å². The summed E-state index contributed by atoms with van der Waals surface area (Å²) in [7, 11) is 0. The highest BCUT2D eigenvalue weighted by Crippen LogP contribution is 2.38. The van der Waals surface area contributed by atoms with Gasteiger partial charge in [0.15, 0.2) is 0 Å². The zero-order valence-corrected chi connectivity index (χ0v) is 22.8. The van der Waals surface area contributed by atoms with E-state index < -0.39 is 23.6 Å². The number of aliphatic hydroxyl groups is 1. The van der Waals surface area contributed by atoms with Crippen molar-refractivity contribution in [3.8, 4) is 0 Å². The molecule has 0 aromatic carbocycles. The third-order valence-electron chi connectivity index (χ3n) is 8.18. The summed E-state index contributed by atoms with van der Waals surface area (Å²) < 4.78 is 11.8. The summed E-state index contributed by atoms with van der Waals surface area (Å²) in [6, 6.07) is 0. The summed E-state index contributed by atoms with van der Waals surface area (Å²) in [6.07, 6.45) is 5.24. The van der Waals surface area contributed by atoms with Gasteiger partial charge < -0.3 is 14.6 Å². The lowest BCUT2D eigenvalue weighted by Crippen LogP contribution is -2.44. The number of nitrogens with zero attached hydrogens (tertiary/aromatic N) is 1. The summed E-state index contributed by atoms with van der Waals surface area (Å²) in [5, 5.41) is 14.0. The third-order valence-corrected chi connectivity index (χ3v) is 8.97. The molecule has 1 aromatic heterocycles. The Bertz CT molecular complexity index is 955. The first kappa shape index (κ1) is 27.8. The minimum atomic E-state index is -1.23. The minimum Gasteiger partial charge on any atom is -0.458 e. The molecule has 2 saturated heterocycles. The lowest BCUT2D eigenvalue weighted by molar-refractivity contribution is -0.153. The van der Waals surface area contributed by atoms with E-state index in [1.165, 1.54) is 6.08 Å². The first-order chi connectivity index (χ1) is 16.5. The Kier molecular flexibility index (Phi) is 9.11. The van der Waals surface area contributed by atoms with Crippen LogP contribution in [0.2, 0.25) is 0 Å². The summed E-state index contributed by atoms with van der Waals surface area (Å²) in [4.78, 5) is 31.0. The van der Waals surface area contributed by atoms with Gasteiger partial charge in [-0.05, 0) is 50.7 Å². The quantitative estimate of drug-likeness (QED) is 0.331. The number of Topliss-reactive ketones (excluding diaryl/α,β-unsaturated/α-hetero) is 1. The number of cyclic esters (lactones) is 1. The van der Waals surface area contributed by atoms with Crippen LogP contribution in [0.5, 0.6) is 0 Å². The van der Waals surface area contributed by atoms with Gasteiger partial charge in [-0.2, -0.15) is 0 Å². The maximum Gasteiger partial charge on any atom is 0.309 e. The molecule has 1 N–H and O–H groups in total. The van der Waals surface area contributed by atoms with Crippen LogP contribution in [0.1, 0.15) is 77.4 Å². The molecule has 3 heterocycles. The second-order valence-electron chi connectivity index (χ2n) is 10.7. The van der Waals surface area contributed by atoms with Crippen LogP contribution in [0.25, 0.3) is 6.08 Å². The number of aromatic nitrogens is 1. The van der Waals surface area contributed by atoms with E-state index in [0.29, 0.717) is 12.3 Å². The predicted octanol–water partition coefficient (Wildman–Crippen LogP) is 5.53. The van der Waals surface area contributed by atoms with Crippen molar-refractivity contribution in [2.45, 2.75) is 98.1 Å². The predicted molar refractivity (Wildman–Crippen MR) is 139 cm³/mol. The number of carbonyl (C=O) groups excluding carboxylic acids is 2. The Labute approximate surface area is 213 Å². The van der Waals surface area contributed by atoms with E-state index in [4.69, 9.17) is 9.47 Å². The Morgan fingerprint density at radius 2 is 1.97 bits per heavy atom. The van der Waals surface area contributed by atoms with Gasteiger partial charge in [0.05, 0.1) is 40.8 Å². The van der Waals surface area contributed by atoms with E-state index in [1.54, 1.807) is 18.3 Å². The standard InChI is InChI=1S/C28H41NO5S/c1-8-28(7)25(30)14-26(31)34-23(17(3)12-21-15-35-20(6)29-21)13-24-22(33-24)11-9-10-16(2)18(4)19(5)27(28)32/h8,12,15-16,18-19,22-25,30H,1,9-11,13-14H2,2-7H3/b17-12+/t16-,18-,19+,22+,23?,24-,25-,28-/m0/s1. The number of ketones is 1. The zero-order valence-electron chi connectivity index (χ0n) is 22.0. The molecule has 194 valence electrons. The average Bonchev–Trinajstić information content (AvgIpc) is 3.43. The second kappa shape index (κ2) is 11.5. The highest BCUT2D eigenvalue weighted by molar-refractivity contribution is 7.09. The smallest absolute Gasteiger partial charge is 0.309 e. The number of rotatable bonds is 3. The van der Waals surface area contributed by atoms with Crippen LogP contribution in [0, 0.1) is 30.1 Å². The molecule has 0 radical (unpaired) electrons. The van der Waals surface area contributed by atoms with Crippen LogP contribution in [-0.2, 0) is 19.1 Å². The molecule has 35 heavy (non-hydrogen) atoms. The van der Waals surface area contributed by atoms with E-state index in [2.05, 4.69) is 25.4 Å². The molecule has 2 fully saturated rings. The van der Waals surface area contributed by atoms with E-state index in [-0.39, 0.29) is 36.2 Å². The topological polar surface area (TPSA) is 89.0 Å². The number of esters is 1. The number of hydrogen-bond acceptors (Lipinski definition) is 7. The van der Waals surface area contributed by atoms with Crippen molar-refractivity contribution < 1.29 is 24.2 Å². The number of epoxide rings is 1. The van der Waals surface area contributed by atoms with Gasteiger partial charge in [0.25, 0.3) is 0 Å². The van der Waals surface area contributed by atoms with Crippen LogP contribution in [0.4, 0.5) is 0 Å². The largest absolute Gasteiger partial charge is 0.458 e. The van der Waals surface area contributed by atoms with Crippen LogP contribution < -0.4 is 0 Å². The summed E-state index contributed by atoms with van der Waals surface area (Å²) in [5.74, 6) is -0.387. The van der Waals surface area contributed by atoms with Crippen molar-refractivity contribution in [1.82, 2.24) is 4.98 Å². The van der Waals surface area contributed by atoms with E-state index in [9.17, 15) is 14.7 Å². The number of thiazole rings is 1. The van der Waals surface area contributed by atoms with Crippen LogP contribution in [0.15, 0.2) is 23.6 Å². The van der Waals surface area contributed by atoms with Crippen molar-refractivity contribution in [1.29, 1.82) is 0 Å². The lowest BCUT2D eigenvalue weighted by atomic mass is 9.69. The van der Waals surface area contributed by atoms with Crippen molar-refractivity contribution in [2.75, 3.05) is 0 Å². The van der Waals surface area contributed by atoms with E-state index in [0.717, 1.165) is 35.5 Å². The molecule has 0 amide bonds. The van der Waals surface area contributed by atoms with Crippen LogP contribution in [-0.4, -0.2) is 46.3 Å². The average molecular weight is 504 g/mol. The molecule has 0 saturated carbocycles. The maximum atomic E-state index is 13.5. The molecular weight excluding hydrogens is 462 g/mol. The number of ether oxygens (including phenoxy) is 2. The van der Waals surface area contributed by atoms with Crippen molar-refractivity contribution in [3.05, 3.63) is 34.3 Å². The molecule has 6 nitrogen and oxygen atoms in total. The molecule has 0 bridgehead atoms. The number of carbonyl (C=O) groups is 2. The van der Waals surface area contributed by atoms with Gasteiger partial charge >= 0.3 is 5.97 Å². The first-order valence-electron chi connectivity index (χ1n) is 12.8. The van der Waals surface area contributed by atoms with Gasteiger partial charge in [0, 0.05) is 17.7 Å². The summed E-state index contributed by atoms with van der Waals surface area (Å²) in [5.41, 5.74) is 0.489. The number of aliphatic hydroxyl groups excluding tert-OH is 1. The minimum absolute atomic E-state index is 0.0535. The molecule has 2 aliphatic rings. The Balaban J connectivity index is 1.85. The Morgan fingerprint density at radius 3 is 2.60 bits per heavy atom. The number of hydrogen-bond donors (Lipinski definition) is 1. The SMILES string of the molecule is C=C[C@]1(C)C(=O)[C@H](C)[C@@H](C)[C@@H](C)CCC[C@H]2O[C@H]2CC(/C(C)=C/c2csc(C)n2)OC(=O)C[C@@H]1O. The number of fused-ring (bicyclic) bond motifs is 1. The maximum absolute atomic E-state index is 13.5. The highest BCUT2D eigenvalue weighted by Gasteiger charge is 2.45. The van der Waals surface area contributed by atoms with Gasteiger partial charge in [0.1, 0.15) is 11.9 Å². The molecule has 1 aromatic rings. The fraction of sp³-hybridized carbons (Fsp3) is 0.679. The third kappa shape index (κ3) is 6.69. The second-order valence-corrected chi connectivity index (χ2v) is 11.8. The molecule has 7 heteroatoms. The van der Waals surface area contributed by atoms with Crippen molar-refractivity contribution >= 4 is 29.2 Å². The van der Waals surface area contributed by atoms with Crippen LogP contribution >= 0.6 is 11.3 Å². The fourth-order valence-electron chi connectivity index (χ4n) is 5.05.